The minimum absolute atomic E-state index is 0.123. The van der Waals surface area contributed by atoms with Gasteiger partial charge < -0.3 is 5.32 Å². The van der Waals surface area contributed by atoms with Gasteiger partial charge in [-0.1, -0.05) is 6.07 Å². The van der Waals surface area contributed by atoms with Gasteiger partial charge in [0.15, 0.2) is 5.03 Å². The number of hydrogen-bond donors (Lipinski definition) is 1. The van der Waals surface area contributed by atoms with E-state index in [4.69, 9.17) is 0 Å². The fraction of sp³-hybridized carbons (Fsp3) is 0.545. The summed E-state index contributed by atoms with van der Waals surface area (Å²) < 4.78 is 26.1. The lowest BCUT2D eigenvalue weighted by Crippen LogP contribution is -2.58. The molecule has 0 spiro atoms. The van der Waals surface area contributed by atoms with E-state index in [2.05, 4.69) is 10.3 Å². The first-order chi connectivity index (χ1) is 7.92. The first-order valence-electron chi connectivity index (χ1n) is 5.58. The molecule has 6 heteroatoms. The Hall–Kier alpha value is -0.980. The molecule has 1 saturated heterocycles. The summed E-state index contributed by atoms with van der Waals surface area (Å²) in [6.07, 6.45) is 1.50. The van der Waals surface area contributed by atoms with E-state index in [1.165, 1.54) is 16.6 Å². The average molecular weight is 255 g/mol. The predicted molar refractivity (Wildman–Crippen MR) is 65.1 cm³/mol. The Labute approximate surface area is 102 Å². The molecule has 94 valence electrons. The van der Waals surface area contributed by atoms with Crippen LogP contribution in [-0.2, 0) is 10.0 Å². The van der Waals surface area contributed by atoms with Gasteiger partial charge in [-0.25, -0.2) is 13.4 Å². The third-order valence-corrected chi connectivity index (χ3v) is 4.54. The van der Waals surface area contributed by atoms with E-state index < -0.39 is 10.0 Å². The van der Waals surface area contributed by atoms with Gasteiger partial charge in [-0.15, -0.1) is 0 Å². The standard InChI is InChI=1S/C11H17N3O2S/c1-11(2)9-14(8-7-13-11)17(15,16)10-5-3-4-6-12-10/h3-6,13H,7-9H2,1-2H3. The minimum atomic E-state index is -3.45. The van der Waals surface area contributed by atoms with Crippen molar-refractivity contribution in [1.82, 2.24) is 14.6 Å². The van der Waals surface area contributed by atoms with Crippen LogP contribution in [0.1, 0.15) is 13.8 Å². The molecule has 0 amide bonds. The largest absolute Gasteiger partial charge is 0.309 e. The lowest BCUT2D eigenvalue weighted by Gasteiger charge is -2.37. The molecule has 1 N–H and O–H groups in total. The quantitative estimate of drug-likeness (QED) is 0.833. The summed E-state index contributed by atoms with van der Waals surface area (Å²) in [6.45, 7) is 5.60. The highest BCUT2D eigenvalue weighted by molar-refractivity contribution is 7.89. The molecule has 0 atom stereocenters. The molecule has 0 aliphatic carbocycles. The molecule has 0 unspecified atom stereocenters. The number of nitrogens with one attached hydrogen (secondary N) is 1. The van der Waals surface area contributed by atoms with Gasteiger partial charge in [0.1, 0.15) is 0 Å². The van der Waals surface area contributed by atoms with Crippen LogP contribution >= 0.6 is 0 Å². The number of hydrogen-bond acceptors (Lipinski definition) is 4. The van der Waals surface area contributed by atoms with Crippen molar-refractivity contribution in [3.63, 3.8) is 0 Å². The normalized spacial score (nSPS) is 21.3. The van der Waals surface area contributed by atoms with Gasteiger partial charge >= 0.3 is 0 Å². The highest BCUT2D eigenvalue weighted by Crippen LogP contribution is 2.18. The van der Waals surface area contributed by atoms with Gasteiger partial charge in [0.2, 0.25) is 0 Å². The first kappa shape index (κ1) is 12.5. The van der Waals surface area contributed by atoms with E-state index in [9.17, 15) is 8.42 Å². The molecular formula is C11H17N3O2S. The van der Waals surface area contributed by atoms with Crippen molar-refractivity contribution in [2.75, 3.05) is 19.6 Å². The monoisotopic (exact) mass is 255 g/mol. The molecular weight excluding hydrogens is 238 g/mol. The Morgan fingerprint density at radius 2 is 2.18 bits per heavy atom. The summed E-state index contributed by atoms with van der Waals surface area (Å²) in [5, 5.41) is 3.41. The molecule has 2 heterocycles. The molecule has 1 aliphatic heterocycles. The van der Waals surface area contributed by atoms with Crippen LogP contribution in [0.15, 0.2) is 29.4 Å². The molecule has 0 radical (unpaired) electrons. The number of aromatic nitrogens is 1. The third-order valence-electron chi connectivity index (χ3n) is 2.78. The summed E-state index contributed by atoms with van der Waals surface area (Å²) in [5.74, 6) is 0. The molecule has 1 fully saturated rings. The number of pyridine rings is 1. The molecule has 1 aromatic heterocycles. The lowest BCUT2D eigenvalue weighted by atomic mass is 10.0. The minimum Gasteiger partial charge on any atom is -0.309 e. The van der Waals surface area contributed by atoms with Crippen LogP contribution in [0.2, 0.25) is 0 Å². The van der Waals surface area contributed by atoms with Gasteiger partial charge in [0.05, 0.1) is 0 Å². The SMILES string of the molecule is CC1(C)CN(S(=O)(=O)c2ccccn2)CCN1. The fourth-order valence-corrected chi connectivity index (χ4v) is 3.47. The number of nitrogens with zero attached hydrogens (tertiary/aromatic N) is 2. The summed E-state index contributed by atoms with van der Waals surface area (Å²) >= 11 is 0. The summed E-state index contributed by atoms with van der Waals surface area (Å²) in [5.41, 5.74) is -0.194. The molecule has 0 aromatic carbocycles. The van der Waals surface area contributed by atoms with E-state index >= 15 is 0 Å². The molecule has 17 heavy (non-hydrogen) atoms. The van der Waals surface area contributed by atoms with Gasteiger partial charge in [0.25, 0.3) is 10.0 Å². The van der Waals surface area contributed by atoms with E-state index in [1.807, 2.05) is 13.8 Å². The van der Waals surface area contributed by atoms with Crippen molar-refractivity contribution in [2.45, 2.75) is 24.4 Å². The molecule has 1 aliphatic rings. The van der Waals surface area contributed by atoms with Crippen LogP contribution in [0.25, 0.3) is 0 Å². The van der Waals surface area contributed by atoms with Crippen molar-refractivity contribution in [1.29, 1.82) is 0 Å². The van der Waals surface area contributed by atoms with Crippen LogP contribution in [-0.4, -0.2) is 42.9 Å². The van der Waals surface area contributed by atoms with Crippen LogP contribution in [0.5, 0.6) is 0 Å². The van der Waals surface area contributed by atoms with Gasteiger partial charge in [-0.05, 0) is 26.0 Å². The highest BCUT2D eigenvalue weighted by atomic mass is 32.2. The van der Waals surface area contributed by atoms with Crippen LogP contribution in [0.4, 0.5) is 0 Å². The highest BCUT2D eigenvalue weighted by Gasteiger charge is 2.34. The van der Waals surface area contributed by atoms with Crippen LogP contribution in [0.3, 0.4) is 0 Å². The second-order valence-corrected chi connectivity index (χ2v) is 6.70. The molecule has 0 bridgehead atoms. The molecule has 0 saturated carbocycles. The maximum Gasteiger partial charge on any atom is 0.260 e. The zero-order valence-corrected chi connectivity index (χ0v) is 10.9. The van der Waals surface area contributed by atoms with E-state index in [-0.39, 0.29) is 10.6 Å². The Morgan fingerprint density at radius 3 is 2.76 bits per heavy atom. The Kier molecular flexibility index (Phi) is 3.20. The number of sulfonamides is 1. The van der Waals surface area contributed by atoms with Crippen molar-refractivity contribution in [3.8, 4) is 0 Å². The van der Waals surface area contributed by atoms with Gasteiger partial charge in [0, 0.05) is 31.4 Å². The smallest absolute Gasteiger partial charge is 0.260 e. The van der Waals surface area contributed by atoms with Crippen LogP contribution < -0.4 is 5.32 Å². The van der Waals surface area contributed by atoms with E-state index in [0.29, 0.717) is 19.6 Å². The molecule has 1 aromatic rings. The zero-order chi connectivity index (χ0) is 12.5. The summed E-state index contributed by atoms with van der Waals surface area (Å²) in [4.78, 5) is 3.92. The maximum atomic E-state index is 12.3. The third kappa shape index (κ3) is 2.65. The van der Waals surface area contributed by atoms with Crippen molar-refractivity contribution in [2.24, 2.45) is 0 Å². The Balaban J connectivity index is 2.28. The molecule has 5 nitrogen and oxygen atoms in total. The van der Waals surface area contributed by atoms with Gasteiger partial charge in [-0.3, -0.25) is 0 Å². The molecule has 2 rings (SSSR count). The first-order valence-corrected chi connectivity index (χ1v) is 7.02. The van der Waals surface area contributed by atoms with Crippen molar-refractivity contribution >= 4 is 10.0 Å². The maximum absolute atomic E-state index is 12.3. The number of rotatable bonds is 2. The Morgan fingerprint density at radius 1 is 1.41 bits per heavy atom. The topological polar surface area (TPSA) is 62.3 Å². The summed E-state index contributed by atoms with van der Waals surface area (Å²) in [7, 11) is -3.45. The van der Waals surface area contributed by atoms with Gasteiger partial charge in [-0.2, -0.15) is 4.31 Å². The average Bonchev–Trinajstić information content (AvgIpc) is 2.29. The predicted octanol–water partition coefficient (Wildman–Crippen LogP) is 0.454. The van der Waals surface area contributed by atoms with Crippen molar-refractivity contribution < 1.29 is 8.42 Å². The van der Waals surface area contributed by atoms with Crippen LogP contribution in [0, 0.1) is 0 Å². The second kappa shape index (κ2) is 4.36. The summed E-state index contributed by atoms with van der Waals surface area (Å²) in [6, 6.07) is 4.93. The lowest BCUT2D eigenvalue weighted by molar-refractivity contribution is 0.233. The Bertz CT molecular complexity index is 485. The fourth-order valence-electron chi connectivity index (χ4n) is 1.93. The zero-order valence-electron chi connectivity index (χ0n) is 10.0. The second-order valence-electron chi connectivity index (χ2n) is 4.82. The van der Waals surface area contributed by atoms with E-state index in [0.717, 1.165) is 0 Å². The van der Waals surface area contributed by atoms with E-state index in [1.54, 1.807) is 12.1 Å². The van der Waals surface area contributed by atoms with Crippen molar-refractivity contribution in [3.05, 3.63) is 24.4 Å². The number of piperazine rings is 1.